The van der Waals surface area contributed by atoms with Gasteiger partial charge in [-0.25, -0.2) is 4.79 Å². The van der Waals surface area contributed by atoms with Crippen LogP contribution in [0.25, 0.3) is 0 Å². The molecule has 0 aliphatic carbocycles. The Morgan fingerprint density at radius 1 is 1.39 bits per heavy atom. The number of anilines is 1. The van der Waals surface area contributed by atoms with Crippen LogP contribution in [0.5, 0.6) is 0 Å². The molecule has 0 fully saturated rings. The lowest BCUT2D eigenvalue weighted by molar-refractivity contribution is -0.144. The molecule has 0 amide bonds. The standard InChI is InChI=1S/C14H14N2O2/c1-10-3-5-11(6-4-10)16-12-9-13(17)18-14(12,2)7-8-15/h3-6,9,16H,7H2,1-2H3. The Morgan fingerprint density at radius 3 is 2.67 bits per heavy atom. The maximum atomic E-state index is 11.3. The van der Waals surface area contributed by atoms with Crippen LogP contribution in [0.4, 0.5) is 5.69 Å². The summed E-state index contributed by atoms with van der Waals surface area (Å²) >= 11 is 0. The van der Waals surface area contributed by atoms with Gasteiger partial charge in [-0.15, -0.1) is 0 Å². The minimum absolute atomic E-state index is 0.128. The van der Waals surface area contributed by atoms with E-state index in [1.54, 1.807) is 6.92 Å². The van der Waals surface area contributed by atoms with E-state index in [-0.39, 0.29) is 6.42 Å². The highest BCUT2D eigenvalue weighted by Crippen LogP contribution is 2.31. The molecule has 4 heteroatoms. The Hall–Kier alpha value is -2.28. The van der Waals surface area contributed by atoms with Crippen molar-refractivity contribution in [2.45, 2.75) is 25.9 Å². The predicted octanol–water partition coefficient (Wildman–Crippen LogP) is 2.52. The molecule has 0 spiro atoms. The van der Waals surface area contributed by atoms with Crippen LogP contribution >= 0.6 is 0 Å². The number of ether oxygens (including phenoxy) is 1. The maximum absolute atomic E-state index is 11.3. The van der Waals surface area contributed by atoms with E-state index >= 15 is 0 Å². The van der Waals surface area contributed by atoms with Gasteiger partial charge in [0.05, 0.1) is 18.2 Å². The van der Waals surface area contributed by atoms with E-state index in [0.29, 0.717) is 5.70 Å². The highest BCUT2D eigenvalue weighted by Gasteiger charge is 2.38. The van der Waals surface area contributed by atoms with E-state index in [2.05, 4.69) is 5.32 Å². The van der Waals surface area contributed by atoms with Crippen LogP contribution in [0, 0.1) is 18.3 Å². The summed E-state index contributed by atoms with van der Waals surface area (Å²) in [5, 5.41) is 11.9. The van der Waals surface area contributed by atoms with Gasteiger partial charge in [0.2, 0.25) is 0 Å². The number of carbonyl (C=O) groups is 1. The number of esters is 1. The number of nitriles is 1. The van der Waals surface area contributed by atoms with Crippen molar-refractivity contribution >= 4 is 11.7 Å². The molecule has 1 heterocycles. The third kappa shape index (κ3) is 2.35. The topological polar surface area (TPSA) is 62.1 Å². The monoisotopic (exact) mass is 242 g/mol. The van der Waals surface area contributed by atoms with Crippen LogP contribution in [-0.4, -0.2) is 11.6 Å². The molecule has 92 valence electrons. The lowest BCUT2D eigenvalue weighted by Crippen LogP contribution is -2.30. The molecular formula is C14H14N2O2. The molecular weight excluding hydrogens is 228 g/mol. The van der Waals surface area contributed by atoms with E-state index in [0.717, 1.165) is 11.3 Å². The van der Waals surface area contributed by atoms with Crippen LogP contribution in [0.1, 0.15) is 18.9 Å². The van der Waals surface area contributed by atoms with Gasteiger partial charge in [-0.2, -0.15) is 5.26 Å². The van der Waals surface area contributed by atoms with Crippen LogP contribution in [0.3, 0.4) is 0 Å². The highest BCUT2D eigenvalue weighted by molar-refractivity contribution is 5.87. The van der Waals surface area contributed by atoms with E-state index < -0.39 is 11.6 Å². The Kier molecular flexibility index (Phi) is 3.07. The van der Waals surface area contributed by atoms with Crippen molar-refractivity contribution < 1.29 is 9.53 Å². The number of hydrogen-bond donors (Lipinski definition) is 1. The molecule has 1 N–H and O–H groups in total. The van der Waals surface area contributed by atoms with Crippen molar-refractivity contribution in [2.24, 2.45) is 0 Å². The van der Waals surface area contributed by atoms with E-state index in [4.69, 9.17) is 10.00 Å². The number of hydrogen-bond acceptors (Lipinski definition) is 4. The van der Waals surface area contributed by atoms with Gasteiger partial charge in [0.1, 0.15) is 0 Å². The van der Waals surface area contributed by atoms with Crippen LogP contribution in [-0.2, 0) is 9.53 Å². The molecule has 1 aromatic carbocycles. The Morgan fingerprint density at radius 2 is 2.06 bits per heavy atom. The van der Waals surface area contributed by atoms with Crippen molar-refractivity contribution in [1.82, 2.24) is 0 Å². The van der Waals surface area contributed by atoms with Crippen LogP contribution in [0.15, 0.2) is 36.0 Å². The molecule has 1 unspecified atom stereocenters. The number of rotatable bonds is 3. The maximum Gasteiger partial charge on any atom is 0.333 e. The van der Waals surface area contributed by atoms with Crippen molar-refractivity contribution in [3.05, 3.63) is 41.6 Å². The summed E-state index contributed by atoms with van der Waals surface area (Å²) in [5.74, 6) is -0.414. The van der Waals surface area contributed by atoms with Gasteiger partial charge in [0.25, 0.3) is 0 Å². The molecule has 4 nitrogen and oxygen atoms in total. The van der Waals surface area contributed by atoms with Gasteiger partial charge in [0, 0.05) is 11.8 Å². The molecule has 0 saturated carbocycles. The summed E-state index contributed by atoms with van der Waals surface area (Å²) in [5.41, 5.74) is 1.77. The van der Waals surface area contributed by atoms with Gasteiger partial charge >= 0.3 is 5.97 Å². The van der Waals surface area contributed by atoms with Gasteiger partial charge in [-0.3, -0.25) is 0 Å². The Bertz CT molecular complexity index is 540. The van der Waals surface area contributed by atoms with Crippen molar-refractivity contribution in [3.8, 4) is 6.07 Å². The Balaban J connectivity index is 2.22. The van der Waals surface area contributed by atoms with E-state index in [9.17, 15) is 4.79 Å². The molecule has 1 aromatic rings. The van der Waals surface area contributed by atoms with Crippen LogP contribution in [0.2, 0.25) is 0 Å². The van der Waals surface area contributed by atoms with Gasteiger partial charge in [0.15, 0.2) is 5.60 Å². The summed E-state index contributed by atoms with van der Waals surface area (Å²) in [6.45, 7) is 3.74. The molecule has 0 aromatic heterocycles. The average Bonchev–Trinajstić information content (AvgIpc) is 2.57. The van der Waals surface area contributed by atoms with E-state index in [1.807, 2.05) is 37.3 Å². The van der Waals surface area contributed by atoms with Gasteiger partial charge < -0.3 is 10.1 Å². The first kappa shape index (κ1) is 12.2. The lowest BCUT2D eigenvalue weighted by Gasteiger charge is -2.24. The minimum Gasteiger partial charge on any atom is -0.449 e. The summed E-state index contributed by atoms with van der Waals surface area (Å²) in [7, 11) is 0. The number of cyclic esters (lactones) is 1. The first-order chi connectivity index (χ1) is 8.53. The second-order valence-corrected chi connectivity index (χ2v) is 4.54. The normalized spacial score (nSPS) is 22.1. The molecule has 0 radical (unpaired) electrons. The first-order valence-corrected chi connectivity index (χ1v) is 5.69. The molecule has 0 bridgehead atoms. The third-order valence-corrected chi connectivity index (χ3v) is 2.90. The molecule has 1 aliphatic heterocycles. The van der Waals surface area contributed by atoms with Crippen molar-refractivity contribution in [2.75, 3.05) is 5.32 Å². The first-order valence-electron chi connectivity index (χ1n) is 5.69. The minimum atomic E-state index is -0.878. The van der Waals surface area contributed by atoms with Crippen LogP contribution < -0.4 is 5.32 Å². The SMILES string of the molecule is Cc1ccc(NC2=CC(=O)OC2(C)CC#N)cc1. The molecule has 1 atom stereocenters. The van der Waals surface area contributed by atoms with Crippen molar-refractivity contribution in [1.29, 1.82) is 5.26 Å². The number of benzene rings is 1. The number of carbonyl (C=O) groups excluding carboxylic acids is 1. The summed E-state index contributed by atoms with van der Waals surface area (Å²) in [6.07, 6.45) is 1.53. The molecule has 18 heavy (non-hydrogen) atoms. The zero-order valence-corrected chi connectivity index (χ0v) is 10.4. The number of nitrogens with zero attached hydrogens (tertiary/aromatic N) is 1. The highest BCUT2D eigenvalue weighted by atomic mass is 16.6. The van der Waals surface area contributed by atoms with E-state index in [1.165, 1.54) is 6.08 Å². The second-order valence-electron chi connectivity index (χ2n) is 4.54. The lowest BCUT2D eigenvalue weighted by atomic mass is 9.99. The fourth-order valence-corrected chi connectivity index (χ4v) is 1.82. The smallest absolute Gasteiger partial charge is 0.333 e. The summed E-state index contributed by atoms with van der Waals surface area (Å²) in [4.78, 5) is 11.3. The zero-order valence-electron chi connectivity index (χ0n) is 10.4. The summed E-state index contributed by atoms with van der Waals surface area (Å²) in [6, 6.07) is 9.83. The van der Waals surface area contributed by atoms with Gasteiger partial charge in [-0.05, 0) is 26.0 Å². The fraction of sp³-hybridized carbons (Fsp3) is 0.286. The van der Waals surface area contributed by atoms with Crippen molar-refractivity contribution in [3.63, 3.8) is 0 Å². The number of nitrogens with one attached hydrogen (secondary N) is 1. The predicted molar refractivity (Wildman–Crippen MR) is 67.6 cm³/mol. The summed E-state index contributed by atoms with van der Waals surface area (Å²) < 4.78 is 5.18. The second kappa shape index (κ2) is 4.53. The Labute approximate surface area is 106 Å². The largest absolute Gasteiger partial charge is 0.449 e. The quantitative estimate of drug-likeness (QED) is 0.827. The fourth-order valence-electron chi connectivity index (χ4n) is 1.82. The molecule has 2 rings (SSSR count). The average molecular weight is 242 g/mol. The molecule has 0 saturated heterocycles. The third-order valence-electron chi connectivity index (χ3n) is 2.90. The van der Waals surface area contributed by atoms with Gasteiger partial charge in [-0.1, -0.05) is 17.7 Å². The number of aryl methyl sites for hydroxylation is 1. The molecule has 1 aliphatic rings. The zero-order chi connectivity index (χ0) is 13.2.